The molecule has 0 atom stereocenters. The van der Waals surface area contributed by atoms with Crippen LogP contribution in [0.4, 0.5) is 0 Å². The van der Waals surface area contributed by atoms with Gasteiger partial charge in [0.15, 0.2) is 0 Å². The van der Waals surface area contributed by atoms with Crippen LogP contribution in [0.15, 0.2) is 0 Å². The molecule has 0 amide bonds. The number of terminal acetylenes is 1. The fourth-order valence-electron chi connectivity index (χ4n) is 0.316. The highest BCUT2D eigenvalue weighted by molar-refractivity contribution is 7.99. The van der Waals surface area contributed by atoms with Gasteiger partial charge in [0.25, 0.3) is 0 Å². The van der Waals surface area contributed by atoms with Gasteiger partial charge in [0.1, 0.15) is 0 Å². The fourth-order valence-corrected chi connectivity index (χ4v) is 0.949. The zero-order valence-electron chi connectivity index (χ0n) is 4.89. The van der Waals surface area contributed by atoms with Gasteiger partial charge in [0.05, 0.1) is 5.75 Å². The second-order valence-corrected chi connectivity index (χ2v) is 2.50. The van der Waals surface area contributed by atoms with Crippen molar-refractivity contribution < 1.29 is 0 Å². The molecule has 0 unspecified atom stereocenters. The summed E-state index contributed by atoms with van der Waals surface area (Å²) in [5.41, 5.74) is 5.25. The van der Waals surface area contributed by atoms with Crippen molar-refractivity contribution in [2.45, 2.75) is 6.42 Å². The van der Waals surface area contributed by atoms with E-state index in [1.54, 1.807) is 11.8 Å². The molecular formula is C6H11NS. The lowest BCUT2D eigenvalue weighted by Crippen LogP contribution is -1.99. The van der Waals surface area contributed by atoms with E-state index in [1.165, 1.54) is 0 Å². The highest BCUT2D eigenvalue weighted by Crippen LogP contribution is 1.98. The fraction of sp³-hybridized carbons (Fsp3) is 0.667. The van der Waals surface area contributed by atoms with Crippen molar-refractivity contribution in [3.8, 4) is 12.3 Å². The van der Waals surface area contributed by atoms with Gasteiger partial charge in [-0.05, 0) is 18.7 Å². The van der Waals surface area contributed by atoms with Crippen molar-refractivity contribution in [3.63, 3.8) is 0 Å². The topological polar surface area (TPSA) is 26.0 Å². The molecule has 0 saturated carbocycles. The van der Waals surface area contributed by atoms with Crippen molar-refractivity contribution >= 4 is 11.8 Å². The second-order valence-electron chi connectivity index (χ2n) is 1.40. The molecule has 0 fully saturated rings. The number of thioether (sulfide) groups is 1. The first-order valence-corrected chi connectivity index (χ1v) is 3.78. The van der Waals surface area contributed by atoms with Gasteiger partial charge in [0, 0.05) is 0 Å². The Hall–Kier alpha value is -0.130. The summed E-state index contributed by atoms with van der Waals surface area (Å²) in [6, 6.07) is 0. The highest BCUT2D eigenvalue weighted by atomic mass is 32.2. The molecule has 0 aliphatic carbocycles. The summed E-state index contributed by atoms with van der Waals surface area (Å²) in [6.45, 7) is 0.775. The summed E-state index contributed by atoms with van der Waals surface area (Å²) < 4.78 is 0. The van der Waals surface area contributed by atoms with Crippen LogP contribution in [0.3, 0.4) is 0 Å². The van der Waals surface area contributed by atoms with E-state index in [0.29, 0.717) is 0 Å². The summed E-state index contributed by atoms with van der Waals surface area (Å²) >= 11 is 1.76. The Balaban J connectivity index is 2.65. The minimum atomic E-state index is 0.775. The van der Waals surface area contributed by atoms with E-state index in [2.05, 4.69) is 5.92 Å². The minimum absolute atomic E-state index is 0.775. The molecule has 0 heterocycles. The first-order chi connectivity index (χ1) is 3.91. The molecule has 2 N–H and O–H groups in total. The van der Waals surface area contributed by atoms with Crippen LogP contribution in [0.5, 0.6) is 0 Å². The van der Waals surface area contributed by atoms with Crippen molar-refractivity contribution in [2.75, 3.05) is 18.1 Å². The van der Waals surface area contributed by atoms with Crippen LogP contribution in [0.2, 0.25) is 0 Å². The normalized spacial score (nSPS) is 8.50. The predicted octanol–water partition coefficient (Wildman–Crippen LogP) is 0.702. The maximum atomic E-state index is 5.25. The molecule has 0 rings (SSSR count). The van der Waals surface area contributed by atoms with Gasteiger partial charge in [0.2, 0.25) is 0 Å². The average Bonchev–Trinajstić information content (AvgIpc) is 1.81. The summed E-state index contributed by atoms with van der Waals surface area (Å²) in [6.07, 6.45) is 6.08. The van der Waals surface area contributed by atoms with E-state index < -0.39 is 0 Å². The van der Waals surface area contributed by atoms with Crippen LogP contribution in [0, 0.1) is 12.3 Å². The zero-order chi connectivity index (χ0) is 6.24. The zero-order valence-corrected chi connectivity index (χ0v) is 5.71. The molecule has 0 aromatic rings. The summed E-state index contributed by atoms with van der Waals surface area (Å²) in [4.78, 5) is 0. The molecule has 0 aliphatic rings. The Morgan fingerprint density at radius 1 is 1.62 bits per heavy atom. The van der Waals surface area contributed by atoms with Crippen LogP contribution in [-0.2, 0) is 0 Å². The standard InChI is InChI=1S/C6H11NS/c1-2-5-8-6-3-4-7/h1H,3-7H2. The van der Waals surface area contributed by atoms with Gasteiger partial charge in [-0.15, -0.1) is 18.2 Å². The molecule has 8 heavy (non-hydrogen) atoms. The molecule has 0 radical (unpaired) electrons. The molecule has 0 spiro atoms. The third-order valence-electron chi connectivity index (χ3n) is 0.678. The van der Waals surface area contributed by atoms with Crippen molar-refractivity contribution in [1.29, 1.82) is 0 Å². The van der Waals surface area contributed by atoms with Crippen LogP contribution in [0.25, 0.3) is 0 Å². The largest absolute Gasteiger partial charge is 0.330 e. The lowest BCUT2D eigenvalue weighted by Gasteiger charge is -1.91. The number of nitrogens with two attached hydrogens (primary N) is 1. The lowest BCUT2D eigenvalue weighted by atomic mass is 10.5. The summed E-state index contributed by atoms with van der Waals surface area (Å²) in [5, 5.41) is 0. The molecule has 0 aromatic carbocycles. The van der Waals surface area contributed by atoms with E-state index in [-0.39, 0.29) is 0 Å². The first kappa shape index (κ1) is 7.87. The predicted molar refractivity (Wildman–Crippen MR) is 39.8 cm³/mol. The summed E-state index contributed by atoms with van der Waals surface area (Å²) in [5.74, 6) is 4.47. The number of rotatable bonds is 4. The molecular weight excluding hydrogens is 118 g/mol. The smallest absolute Gasteiger partial charge is 0.0544 e. The average molecular weight is 129 g/mol. The van der Waals surface area contributed by atoms with Gasteiger partial charge >= 0.3 is 0 Å². The van der Waals surface area contributed by atoms with Gasteiger partial charge in [-0.25, -0.2) is 0 Å². The Morgan fingerprint density at radius 2 is 2.38 bits per heavy atom. The van der Waals surface area contributed by atoms with Crippen LogP contribution < -0.4 is 5.73 Å². The first-order valence-electron chi connectivity index (χ1n) is 2.63. The molecule has 1 nitrogen and oxygen atoms in total. The Kier molecular flexibility index (Phi) is 6.76. The Labute approximate surface area is 55.0 Å². The lowest BCUT2D eigenvalue weighted by molar-refractivity contribution is 0.944. The SMILES string of the molecule is C#CCSCCCN. The Bertz CT molecular complexity index is 75.1. The van der Waals surface area contributed by atoms with Crippen LogP contribution in [0.1, 0.15) is 6.42 Å². The van der Waals surface area contributed by atoms with Crippen molar-refractivity contribution in [1.82, 2.24) is 0 Å². The van der Waals surface area contributed by atoms with Crippen LogP contribution >= 0.6 is 11.8 Å². The molecule has 0 saturated heterocycles. The van der Waals surface area contributed by atoms with E-state index in [1.807, 2.05) is 0 Å². The highest BCUT2D eigenvalue weighted by Gasteiger charge is 1.81. The van der Waals surface area contributed by atoms with Gasteiger partial charge in [-0.2, -0.15) is 0 Å². The van der Waals surface area contributed by atoms with Crippen molar-refractivity contribution in [3.05, 3.63) is 0 Å². The third kappa shape index (κ3) is 5.87. The minimum Gasteiger partial charge on any atom is -0.330 e. The Morgan fingerprint density at radius 3 is 2.88 bits per heavy atom. The van der Waals surface area contributed by atoms with E-state index in [0.717, 1.165) is 24.5 Å². The van der Waals surface area contributed by atoms with Gasteiger partial charge < -0.3 is 5.73 Å². The monoisotopic (exact) mass is 129 g/mol. The van der Waals surface area contributed by atoms with E-state index in [9.17, 15) is 0 Å². The van der Waals surface area contributed by atoms with Gasteiger partial charge in [-0.3, -0.25) is 0 Å². The molecule has 0 aromatic heterocycles. The second kappa shape index (κ2) is 6.87. The molecule has 0 bridgehead atoms. The maximum Gasteiger partial charge on any atom is 0.0544 e. The maximum absolute atomic E-state index is 5.25. The van der Waals surface area contributed by atoms with Crippen molar-refractivity contribution in [2.24, 2.45) is 5.73 Å². The molecule has 2 heteroatoms. The number of hydrogen-bond donors (Lipinski definition) is 1. The molecule has 0 aliphatic heterocycles. The quantitative estimate of drug-likeness (QED) is 0.446. The summed E-state index contributed by atoms with van der Waals surface area (Å²) in [7, 11) is 0. The molecule has 46 valence electrons. The third-order valence-corrected chi connectivity index (χ3v) is 1.63. The van der Waals surface area contributed by atoms with E-state index in [4.69, 9.17) is 12.2 Å². The van der Waals surface area contributed by atoms with Gasteiger partial charge in [-0.1, -0.05) is 5.92 Å². The number of hydrogen-bond acceptors (Lipinski definition) is 2. The van der Waals surface area contributed by atoms with Crippen LogP contribution in [-0.4, -0.2) is 18.1 Å². The van der Waals surface area contributed by atoms with E-state index >= 15 is 0 Å².